The molecule has 0 aliphatic rings. The SMILES string of the molecule is C=Cc1cc(Cl)c(N=CN(C)C)c(Cl)c1. The first-order chi connectivity index (χ1) is 7.04. The zero-order valence-electron chi connectivity index (χ0n) is 8.67. The zero-order chi connectivity index (χ0) is 11.4. The van der Waals surface area contributed by atoms with Crippen LogP contribution in [0, 0.1) is 0 Å². The van der Waals surface area contributed by atoms with Gasteiger partial charge in [0.2, 0.25) is 0 Å². The van der Waals surface area contributed by atoms with E-state index < -0.39 is 0 Å². The molecule has 0 unspecified atom stereocenters. The zero-order valence-corrected chi connectivity index (χ0v) is 10.2. The summed E-state index contributed by atoms with van der Waals surface area (Å²) < 4.78 is 0. The molecule has 0 atom stereocenters. The highest BCUT2D eigenvalue weighted by atomic mass is 35.5. The predicted molar refractivity (Wildman–Crippen MR) is 68.4 cm³/mol. The van der Waals surface area contributed by atoms with Crippen LogP contribution in [0.4, 0.5) is 5.69 Å². The summed E-state index contributed by atoms with van der Waals surface area (Å²) in [5, 5.41) is 1.05. The van der Waals surface area contributed by atoms with Crippen LogP contribution in [0.2, 0.25) is 10.0 Å². The largest absolute Gasteiger partial charge is 0.369 e. The molecule has 0 aromatic heterocycles. The summed E-state index contributed by atoms with van der Waals surface area (Å²) in [4.78, 5) is 6.00. The predicted octanol–water partition coefficient (Wildman–Crippen LogP) is 3.86. The van der Waals surface area contributed by atoms with E-state index in [1.165, 1.54) is 0 Å². The van der Waals surface area contributed by atoms with Crippen molar-refractivity contribution in [3.05, 3.63) is 34.3 Å². The molecule has 80 valence electrons. The fourth-order valence-electron chi connectivity index (χ4n) is 1.000. The molecule has 0 radical (unpaired) electrons. The van der Waals surface area contributed by atoms with E-state index in [1.807, 2.05) is 19.0 Å². The van der Waals surface area contributed by atoms with E-state index in [0.717, 1.165) is 5.56 Å². The maximum atomic E-state index is 6.03. The number of halogens is 2. The van der Waals surface area contributed by atoms with Gasteiger partial charge in [0.1, 0.15) is 5.69 Å². The van der Waals surface area contributed by atoms with E-state index in [2.05, 4.69) is 11.6 Å². The number of aliphatic imine (C=N–C) groups is 1. The molecule has 0 aliphatic heterocycles. The Bertz CT molecular complexity index is 375. The number of hydrogen-bond donors (Lipinski definition) is 0. The smallest absolute Gasteiger partial charge is 0.102 e. The number of benzene rings is 1. The molecular formula is C11H12Cl2N2. The third-order valence-corrected chi connectivity index (χ3v) is 2.27. The lowest BCUT2D eigenvalue weighted by atomic mass is 10.2. The van der Waals surface area contributed by atoms with Gasteiger partial charge >= 0.3 is 0 Å². The minimum absolute atomic E-state index is 0.524. The van der Waals surface area contributed by atoms with Crippen LogP contribution in [0.5, 0.6) is 0 Å². The lowest BCUT2D eigenvalue weighted by Gasteiger charge is -2.06. The van der Waals surface area contributed by atoms with E-state index in [4.69, 9.17) is 23.2 Å². The van der Waals surface area contributed by atoms with Crippen molar-refractivity contribution in [2.75, 3.05) is 14.1 Å². The number of nitrogens with zero attached hydrogens (tertiary/aromatic N) is 2. The van der Waals surface area contributed by atoms with Crippen LogP contribution in [-0.4, -0.2) is 25.3 Å². The molecule has 4 heteroatoms. The Morgan fingerprint density at radius 2 is 1.80 bits per heavy atom. The molecule has 0 aliphatic carbocycles. The van der Waals surface area contributed by atoms with Crippen molar-refractivity contribution in [3.63, 3.8) is 0 Å². The van der Waals surface area contributed by atoms with Crippen molar-refractivity contribution in [1.29, 1.82) is 0 Å². The highest BCUT2D eigenvalue weighted by molar-refractivity contribution is 6.39. The van der Waals surface area contributed by atoms with Crippen molar-refractivity contribution in [2.24, 2.45) is 4.99 Å². The van der Waals surface area contributed by atoms with Gasteiger partial charge in [0.25, 0.3) is 0 Å². The van der Waals surface area contributed by atoms with Gasteiger partial charge < -0.3 is 4.90 Å². The Morgan fingerprint density at radius 3 is 2.20 bits per heavy atom. The van der Waals surface area contributed by atoms with Crippen LogP contribution in [0.15, 0.2) is 23.7 Å². The van der Waals surface area contributed by atoms with Gasteiger partial charge in [-0.25, -0.2) is 4.99 Å². The Hall–Kier alpha value is -0.990. The Kier molecular flexibility index (Phi) is 4.18. The Labute approximate surface area is 99.8 Å². The van der Waals surface area contributed by atoms with Crippen molar-refractivity contribution >= 4 is 41.3 Å². The van der Waals surface area contributed by atoms with E-state index >= 15 is 0 Å². The first kappa shape index (κ1) is 12.1. The maximum Gasteiger partial charge on any atom is 0.102 e. The van der Waals surface area contributed by atoms with Crippen molar-refractivity contribution in [2.45, 2.75) is 0 Å². The fraction of sp³-hybridized carbons (Fsp3) is 0.182. The van der Waals surface area contributed by atoms with Crippen LogP contribution in [0.1, 0.15) is 5.56 Å². The summed E-state index contributed by atoms with van der Waals surface area (Å²) in [6.07, 6.45) is 3.35. The molecule has 0 saturated heterocycles. The van der Waals surface area contributed by atoms with Crippen LogP contribution in [-0.2, 0) is 0 Å². The van der Waals surface area contributed by atoms with Gasteiger partial charge in [-0.1, -0.05) is 35.9 Å². The molecule has 0 bridgehead atoms. The molecule has 1 aromatic carbocycles. The van der Waals surface area contributed by atoms with E-state index in [0.29, 0.717) is 15.7 Å². The van der Waals surface area contributed by atoms with E-state index in [9.17, 15) is 0 Å². The molecule has 1 aromatic rings. The molecule has 2 nitrogen and oxygen atoms in total. The minimum atomic E-state index is 0.524. The van der Waals surface area contributed by atoms with Crippen molar-refractivity contribution < 1.29 is 0 Å². The second kappa shape index (κ2) is 5.19. The highest BCUT2D eigenvalue weighted by Gasteiger charge is 2.05. The topological polar surface area (TPSA) is 15.6 Å². The lowest BCUT2D eigenvalue weighted by molar-refractivity contribution is 0.643. The van der Waals surface area contributed by atoms with Crippen LogP contribution in [0.25, 0.3) is 6.08 Å². The highest BCUT2D eigenvalue weighted by Crippen LogP contribution is 2.34. The first-order valence-electron chi connectivity index (χ1n) is 4.36. The van der Waals surface area contributed by atoms with E-state index in [-0.39, 0.29) is 0 Å². The van der Waals surface area contributed by atoms with Crippen LogP contribution < -0.4 is 0 Å². The minimum Gasteiger partial charge on any atom is -0.369 e. The normalized spacial score (nSPS) is 10.7. The quantitative estimate of drug-likeness (QED) is 0.581. The molecule has 0 heterocycles. The Morgan fingerprint density at radius 1 is 1.27 bits per heavy atom. The van der Waals surface area contributed by atoms with Crippen LogP contribution in [0.3, 0.4) is 0 Å². The first-order valence-corrected chi connectivity index (χ1v) is 5.12. The molecule has 0 N–H and O–H groups in total. The average molecular weight is 243 g/mol. The molecule has 0 amide bonds. The van der Waals surface area contributed by atoms with Gasteiger partial charge in [-0.2, -0.15) is 0 Å². The summed E-state index contributed by atoms with van der Waals surface area (Å²) in [5.41, 5.74) is 1.46. The van der Waals surface area contributed by atoms with Gasteiger partial charge in [-0.05, 0) is 17.7 Å². The molecule has 15 heavy (non-hydrogen) atoms. The molecule has 0 spiro atoms. The molecule has 0 fully saturated rings. The molecule has 1 rings (SSSR count). The van der Waals surface area contributed by atoms with E-state index in [1.54, 1.807) is 24.5 Å². The third kappa shape index (κ3) is 3.26. The van der Waals surface area contributed by atoms with Crippen LogP contribution >= 0.6 is 23.2 Å². The lowest BCUT2D eigenvalue weighted by Crippen LogP contribution is -2.07. The van der Waals surface area contributed by atoms with Gasteiger partial charge in [0.05, 0.1) is 16.4 Å². The van der Waals surface area contributed by atoms with Gasteiger partial charge in [0.15, 0.2) is 0 Å². The second-order valence-corrected chi connectivity index (χ2v) is 4.06. The summed E-state index contributed by atoms with van der Waals surface area (Å²) in [6.45, 7) is 3.65. The second-order valence-electron chi connectivity index (χ2n) is 3.25. The summed E-state index contributed by atoms with van der Waals surface area (Å²) in [6, 6.07) is 3.56. The maximum absolute atomic E-state index is 6.03. The van der Waals surface area contributed by atoms with Crippen molar-refractivity contribution in [3.8, 4) is 0 Å². The standard InChI is InChI=1S/C11H12Cl2N2/c1-4-8-5-9(12)11(10(13)6-8)14-7-15(2)3/h4-7H,1H2,2-3H3. The van der Waals surface area contributed by atoms with Crippen molar-refractivity contribution in [1.82, 2.24) is 4.90 Å². The summed E-state index contributed by atoms with van der Waals surface area (Å²) in [5.74, 6) is 0. The van der Waals surface area contributed by atoms with Gasteiger partial charge in [0, 0.05) is 14.1 Å². The summed E-state index contributed by atoms with van der Waals surface area (Å²) >= 11 is 12.1. The van der Waals surface area contributed by atoms with Gasteiger partial charge in [-0.3, -0.25) is 0 Å². The Balaban J connectivity index is 3.14. The fourth-order valence-corrected chi connectivity index (χ4v) is 1.60. The number of rotatable bonds is 3. The van der Waals surface area contributed by atoms with Gasteiger partial charge in [-0.15, -0.1) is 0 Å². The molecular weight excluding hydrogens is 231 g/mol. The number of hydrogen-bond acceptors (Lipinski definition) is 1. The molecule has 0 saturated carbocycles. The summed E-state index contributed by atoms with van der Waals surface area (Å²) in [7, 11) is 3.76. The third-order valence-electron chi connectivity index (χ3n) is 1.69. The monoisotopic (exact) mass is 242 g/mol. The average Bonchev–Trinajstić information content (AvgIpc) is 2.15.